The topological polar surface area (TPSA) is 52.5 Å². The number of nitrogens with zero attached hydrogens (tertiary/aromatic N) is 2. The second kappa shape index (κ2) is 11.8. The quantitative estimate of drug-likeness (QED) is 0.360. The van der Waals surface area contributed by atoms with Crippen molar-refractivity contribution in [1.29, 1.82) is 0 Å². The molecule has 2 atom stereocenters. The maximum Gasteiger partial charge on any atom is 0.0693 e. The molecule has 4 heteroatoms. The largest absolute Gasteiger partial charge is 0.378 e. The van der Waals surface area contributed by atoms with Crippen molar-refractivity contribution in [3.63, 3.8) is 0 Å². The first-order valence-electron chi connectivity index (χ1n) is 15.9. The van der Waals surface area contributed by atoms with Gasteiger partial charge in [-0.25, -0.2) is 9.98 Å². The van der Waals surface area contributed by atoms with Crippen LogP contribution in [0, 0.1) is 5.92 Å². The van der Waals surface area contributed by atoms with Crippen LogP contribution in [0.5, 0.6) is 0 Å². The third kappa shape index (κ3) is 4.63. The lowest BCUT2D eigenvalue weighted by molar-refractivity contribution is 0.514. The molecule has 4 aliphatic rings. The molecule has 0 aromatic carbocycles. The highest BCUT2D eigenvalue weighted by molar-refractivity contribution is 6.24. The Morgan fingerprint density at radius 3 is 1.60 bits per heavy atom. The molecule has 1 aromatic rings. The van der Waals surface area contributed by atoms with E-state index in [1.807, 2.05) is 0 Å². The zero-order valence-electron chi connectivity index (χ0n) is 26.0. The molecule has 4 aliphatic heterocycles. The van der Waals surface area contributed by atoms with Gasteiger partial charge in [0.1, 0.15) is 0 Å². The fraction of sp³-hybridized carbons (Fsp3) is 0.500. The number of hydrogen-bond acceptors (Lipinski definition) is 3. The van der Waals surface area contributed by atoms with Crippen LogP contribution in [0.2, 0.25) is 0 Å². The predicted molar refractivity (Wildman–Crippen MR) is 172 cm³/mol. The first kappa shape index (κ1) is 28.4. The Balaban J connectivity index is 1.87. The number of aromatic amines is 1. The Kier molecular flexibility index (Phi) is 8.35. The van der Waals surface area contributed by atoms with Gasteiger partial charge in [0, 0.05) is 22.3 Å². The summed E-state index contributed by atoms with van der Waals surface area (Å²) in [5, 5.41) is 6.35. The summed E-state index contributed by atoms with van der Waals surface area (Å²) in [6, 6.07) is 0.239. The molecular formula is C36H48N4. The fourth-order valence-corrected chi connectivity index (χ4v) is 7.51. The molecule has 0 radical (unpaired) electrons. The summed E-state index contributed by atoms with van der Waals surface area (Å²) < 4.78 is 0. The average molecular weight is 537 g/mol. The predicted octanol–water partition coefficient (Wildman–Crippen LogP) is 7.29. The third-order valence-corrected chi connectivity index (χ3v) is 9.40. The molecule has 5 heterocycles. The van der Waals surface area contributed by atoms with Crippen molar-refractivity contribution in [3.8, 4) is 0 Å². The minimum absolute atomic E-state index is 0.239. The van der Waals surface area contributed by atoms with Crippen molar-refractivity contribution in [2.75, 3.05) is 0 Å². The fourth-order valence-electron chi connectivity index (χ4n) is 7.51. The van der Waals surface area contributed by atoms with Gasteiger partial charge in [-0.15, -0.1) is 0 Å². The van der Waals surface area contributed by atoms with Gasteiger partial charge in [-0.1, -0.05) is 55.4 Å². The smallest absolute Gasteiger partial charge is 0.0693 e. The summed E-state index contributed by atoms with van der Waals surface area (Å²) in [6.45, 7) is 18.3. The van der Waals surface area contributed by atoms with Gasteiger partial charge in [0.2, 0.25) is 0 Å². The summed E-state index contributed by atoms with van der Waals surface area (Å²) >= 11 is 0. The van der Waals surface area contributed by atoms with Gasteiger partial charge in [-0.2, -0.15) is 0 Å². The van der Waals surface area contributed by atoms with Gasteiger partial charge in [0.15, 0.2) is 0 Å². The molecule has 8 bridgehead atoms. The molecule has 0 fully saturated rings. The molecule has 1 aromatic heterocycles. The van der Waals surface area contributed by atoms with Gasteiger partial charge in [-0.05, 0) is 115 Å². The molecule has 2 unspecified atom stereocenters. The number of fused-ring (bicyclic) bond motifs is 6. The molecule has 0 amide bonds. The lowest BCUT2D eigenvalue weighted by Crippen LogP contribution is -2.26. The minimum Gasteiger partial charge on any atom is -0.378 e. The zero-order chi connectivity index (χ0) is 28.6. The van der Waals surface area contributed by atoms with Crippen LogP contribution in [-0.2, 0) is 12.8 Å². The van der Waals surface area contributed by atoms with E-state index >= 15 is 0 Å². The highest BCUT2D eigenvalue weighted by atomic mass is 15.0. The Morgan fingerprint density at radius 2 is 1.12 bits per heavy atom. The number of aliphatic imine (C=N–C) groups is 2. The molecule has 212 valence electrons. The summed E-state index contributed by atoms with van der Waals surface area (Å²) in [7, 11) is 0. The number of aromatic nitrogens is 1. The standard InChI is InChI=1S/C36H48N4/c1-9-21-22(10-2)30-18-32-25(13-5)26(14-6)34(39-32)20-36-28(16-8)27(15-7)35(40-36)19-33-24(12-4)23(11-3)31(38-33)17-29(21)37-30/h17-21,29,37,40H,9-16H2,1-8H3/b31-17-,32-18-,35-19-,36-20-. The van der Waals surface area contributed by atoms with Gasteiger partial charge in [-0.3, -0.25) is 0 Å². The number of H-pyrrole nitrogens is 1. The van der Waals surface area contributed by atoms with Gasteiger partial charge in [0.05, 0.1) is 28.9 Å². The van der Waals surface area contributed by atoms with Crippen LogP contribution in [0.15, 0.2) is 67.1 Å². The summed E-state index contributed by atoms with van der Waals surface area (Å²) in [6.07, 6.45) is 17.5. The highest BCUT2D eigenvalue weighted by Gasteiger charge is 2.33. The van der Waals surface area contributed by atoms with E-state index in [1.165, 1.54) is 55.4 Å². The SMILES string of the molecule is CCC1=C(CC)/C2=C/C3=C(CC)C(CC)C(/C=C4N=C(/C=c5\[nH]/c(c(CC)c5CC)=C\C1=N2)C(CC)=C\4CC)N3. The summed E-state index contributed by atoms with van der Waals surface area (Å²) in [5.74, 6) is 0.465. The molecule has 5 rings (SSSR count). The molecule has 2 N–H and O–H groups in total. The first-order chi connectivity index (χ1) is 19.5. The van der Waals surface area contributed by atoms with Gasteiger partial charge >= 0.3 is 0 Å². The summed E-state index contributed by atoms with van der Waals surface area (Å²) in [5.41, 5.74) is 15.7. The van der Waals surface area contributed by atoms with E-state index in [9.17, 15) is 0 Å². The highest BCUT2D eigenvalue weighted by Crippen LogP contribution is 2.38. The average Bonchev–Trinajstić information content (AvgIpc) is 3.67. The van der Waals surface area contributed by atoms with Gasteiger partial charge < -0.3 is 10.3 Å². The number of rotatable bonds is 8. The molecule has 0 saturated carbocycles. The van der Waals surface area contributed by atoms with Crippen LogP contribution in [0.1, 0.15) is 105 Å². The first-order valence-corrected chi connectivity index (χ1v) is 15.9. The monoisotopic (exact) mass is 536 g/mol. The van der Waals surface area contributed by atoms with Crippen LogP contribution in [0.4, 0.5) is 0 Å². The lowest BCUT2D eigenvalue weighted by Gasteiger charge is -2.18. The maximum absolute atomic E-state index is 5.33. The second-order valence-electron chi connectivity index (χ2n) is 11.3. The Labute approximate surface area is 241 Å². The Hall–Kier alpha value is -3.14. The molecule has 0 saturated heterocycles. The van der Waals surface area contributed by atoms with E-state index in [0.29, 0.717) is 5.92 Å². The molecule has 4 nitrogen and oxygen atoms in total. The van der Waals surface area contributed by atoms with Gasteiger partial charge in [0.25, 0.3) is 0 Å². The Morgan fingerprint density at radius 1 is 0.600 bits per heavy atom. The van der Waals surface area contributed by atoms with E-state index in [0.717, 1.165) is 74.2 Å². The number of nitrogens with one attached hydrogen (secondary N) is 2. The van der Waals surface area contributed by atoms with Crippen LogP contribution >= 0.6 is 0 Å². The van der Waals surface area contributed by atoms with Crippen molar-refractivity contribution in [1.82, 2.24) is 10.3 Å². The van der Waals surface area contributed by atoms with E-state index in [-0.39, 0.29) is 6.04 Å². The van der Waals surface area contributed by atoms with E-state index < -0.39 is 0 Å². The van der Waals surface area contributed by atoms with Crippen molar-refractivity contribution < 1.29 is 0 Å². The van der Waals surface area contributed by atoms with Crippen molar-refractivity contribution in [2.45, 2.75) is 113 Å². The van der Waals surface area contributed by atoms with Crippen LogP contribution < -0.4 is 16.0 Å². The number of allylic oxidation sites excluding steroid dienone is 5. The minimum atomic E-state index is 0.239. The summed E-state index contributed by atoms with van der Waals surface area (Å²) in [4.78, 5) is 14.5. The molecular weight excluding hydrogens is 488 g/mol. The third-order valence-electron chi connectivity index (χ3n) is 9.40. The van der Waals surface area contributed by atoms with Crippen molar-refractivity contribution in [2.24, 2.45) is 15.9 Å². The van der Waals surface area contributed by atoms with E-state index in [1.54, 1.807) is 0 Å². The molecule has 0 spiro atoms. The normalized spacial score (nSPS) is 26.5. The molecule has 40 heavy (non-hydrogen) atoms. The van der Waals surface area contributed by atoms with E-state index in [4.69, 9.17) is 9.98 Å². The maximum atomic E-state index is 5.33. The van der Waals surface area contributed by atoms with Crippen LogP contribution in [0.25, 0.3) is 12.2 Å². The van der Waals surface area contributed by atoms with Crippen molar-refractivity contribution in [3.05, 3.63) is 78.9 Å². The lowest BCUT2D eigenvalue weighted by atomic mass is 9.88. The second-order valence-corrected chi connectivity index (χ2v) is 11.3. The van der Waals surface area contributed by atoms with Crippen LogP contribution in [0.3, 0.4) is 0 Å². The Bertz CT molecular complexity index is 1540. The van der Waals surface area contributed by atoms with E-state index in [2.05, 4.69) is 90.0 Å². The number of hydrogen-bond donors (Lipinski definition) is 2. The molecule has 0 aliphatic carbocycles. The van der Waals surface area contributed by atoms with Crippen molar-refractivity contribution >= 4 is 23.6 Å². The van der Waals surface area contributed by atoms with Crippen LogP contribution in [-0.4, -0.2) is 22.4 Å². The zero-order valence-corrected chi connectivity index (χ0v) is 26.0.